The molecule has 0 aliphatic carbocycles. The second kappa shape index (κ2) is 5.74. The molecule has 0 N–H and O–H groups in total. The number of rotatable bonds is 3. The fourth-order valence-corrected chi connectivity index (χ4v) is 2.23. The molecule has 0 bridgehead atoms. The van der Waals surface area contributed by atoms with Crippen LogP contribution in [-0.2, 0) is 5.33 Å². The lowest BCUT2D eigenvalue weighted by Crippen LogP contribution is -2.02. The van der Waals surface area contributed by atoms with Crippen LogP contribution in [0.2, 0.25) is 0 Å². The van der Waals surface area contributed by atoms with Gasteiger partial charge in [-0.15, -0.1) is 0 Å². The molecular weight excluding hydrogens is 314 g/mol. The summed E-state index contributed by atoms with van der Waals surface area (Å²) in [6.07, 6.45) is 1.72. The van der Waals surface area contributed by atoms with Gasteiger partial charge in [-0.05, 0) is 24.1 Å². The summed E-state index contributed by atoms with van der Waals surface area (Å²) in [7, 11) is 0. The van der Waals surface area contributed by atoms with Crippen molar-refractivity contribution in [1.29, 1.82) is 0 Å². The monoisotopic (exact) mass is 326 g/mol. The van der Waals surface area contributed by atoms with Crippen molar-refractivity contribution >= 4 is 15.9 Å². The second-order valence-electron chi connectivity index (χ2n) is 4.52. The molecule has 0 spiro atoms. The zero-order valence-electron chi connectivity index (χ0n) is 10.6. The Morgan fingerprint density at radius 3 is 2.53 bits per heavy atom. The van der Waals surface area contributed by atoms with Gasteiger partial charge >= 0.3 is 0 Å². The number of benzene rings is 1. The predicted molar refractivity (Wildman–Crippen MR) is 74.1 cm³/mol. The molecule has 2 nitrogen and oxygen atoms in total. The number of nitrogens with zero attached hydrogens (tertiary/aromatic N) is 2. The van der Waals surface area contributed by atoms with E-state index in [-0.39, 0.29) is 5.92 Å². The van der Waals surface area contributed by atoms with Crippen molar-refractivity contribution in [3.8, 4) is 11.4 Å². The van der Waals surface area contributed by atoms with E-state index < -0.39 is 11.6 Å². The van der Waals surface area contributed by atoms with E-state index in [9.17, 15) is 8.78 Å². The first-order valence-corrected chi connectivity index (χ1v) is 7.02. The molecule has 100 valence electrons. The molecule has 0 aliphatic rings. The van der Waals surface area contributed by atoms with Gasteiger partial charge in [0.05, 0.1) is 5.69 Å². The highest BCUT2D eigenvalue weighted by atomic mass is 79.9. The van der Waals surface area contributed by atoms with E-state index in [0.717, 1.165) is 23.4 Å². The van der Waals surface area contributed by atoms with Crippen LogP contribution < -0.4 is 0 Å². The predicted octanol–water partition coefficient (Wildman–Crippen LogP) is 4.44. The van der Waals surface area contributed by atoms with Crippen molar-refractivity contribution in [2.75, 3.05) is 0 Å². The molecule has 0 unspecified atom stereocenters. The Morgan fingerprint density at radius 1 is 1.21 bits per heavy atom. The van der Waals surface area contributed by atoms with Crippen LogP contribution in [0.5, 0.6) is 0 Å². The Balaban J connectivity index is 2.50. The summed E-state index contributed by atoms with van der Waals surface area (Å²) in [5, 5.41) is 0.665. The quantitative estimate of drug-likeness (QED) is 0.779. The number of halogens is 3. The maximum atomic E-state index is 13.2. The third kappa shape index (κ3) is 2.97. The number of alkyl halides is 1. The number of hydrogen-bond donors (Lipinski definition) is 0. The van der Waals surface area contributed by atoms with E-state index in [1.807, 2.05) is 13.8 Å². The lowest BCUT2D eigenvalue weighted by molar-refractivity contribution is 0.509. The Bertz CT molecular complexity index is 600. The second-order valence-corrected chi connectivity index (χ2v) is 5.08. The van der Waals surface area contributed by atoms with Crippen LogP contribution in [0, 0.1) is 11.6 Å². The minimum atomic E-state index is -0.892. The Morgan fingerprint density at radius 2 is 1.95 bits per heavy atom. The molecule has 1 aromatic heterocycles. The molecule has 19 heavy (non-hydrogen) atoms. The molecule has 5 heteroatoms. The summed E-state index contributed by atoms with van der Waals surface area (Å²) in [5.74, 6) is -1.12. The topological polar surface area (TPSA) is 25.8 Å². The summed E-state index contributed by atoms with van der Waals surface area (Å²) in [5.41, 5.74) is 2.38. The first-order chi connectivity index (χ1) is 9.02. The third-order valence-corrected chi connectivity index (χ3v) is 3.37. The standard InChI is InChI=1S/C14H13BrF2N2/c1-8(2)13-10(6-15)7-18-14(19-13)9-3-4-11(16)12(17)5-9/h3-5,7-8H,6H2,1-2H3. The average molecular weight is 327 g/mol. The lowest BCUT2D eigenvalue weighted by Gasteiger charge is -2.11. The molecule has 0 fully saturated rings. The highest BCUT2D eigenvalue weighted by molar-refractivity contribution is 9.08. The van der Waals surface area contributed by atoms with Gasteiger partial charge in [-0.25, -0.2) is 18.7 Å². The van der Waals surface area contributed by atoms with Crippen molar-refractivity contribution in [3.63, 3.8) is 0 Å². The first-order valence-electron chi connectivity index (χ1n) is 5.90. The van der Waals surface area contributed by atoms with Crippen molar-refractivity contribution in [2.24, 2.45) is 0 Å². The van der Waals surface area contributed by atoms with Crippen molar-refractivity contribution in [2.45, 2.75) is 25.1 Å². The van der Waals surface area contributed by atoms with E-state index in [1.165, 1.54) is 6.07 Å². The Labute approximate surface area is 119 Å². The van der Waals surface area contributed by atoms with Crippen LogP contribution in [0.15, 0.2) is 24.4 Å². The van der Waals surface area contributed by atoms with Gasteiger partial charge in [0.25, 0.3) is 0 Å². The fourth-order valence-electron chi connectivity index (χ4n) is 1.80. The zero-order chi connectivity index (χ0) is 14.0. The molecule has 0 radical (unpaired) electrons. The van der Waals surface area contributed by atoms with Gasteiger partial charge < -0.3 is 0 Å². The smallest absolute Gasteiger partial charge is 0.159 e. The van der Waals surface area contributed by atoms with Gasteiger partial charge in [0, 0.05) is 22.7 Å². The minimum Gasteiger partial charge on any atom is -0.236 e. The summed E-state index contributed by atoms with van der Waals surface area (Å²) in [6.45, 7) is 4.06. The number of hydrogen-bond acceptors (Lipinski definition) is 2. The van der Waals surface area contributed by atoms with Crippen LogP contribution in [0.25, 0.3) is 11.4 Å². The summed E-state index contributed by atoms with van der Waals surface area (Å²) in [6, 6.07) is 3.68. The highest BCUT2D eigenvalue weighted by Gasteiger charge is 2.12. The van der Waals surface area contributed by atoms with Gasteiger partial charge in [0.2, 0.25) is 0 Å². The Kier molecular flexibility index (Phi) is 4.24. The summed E-state index contributed by atoms with van der Waals surface area (Å²) < 4.78 is 26.2. The van der Waals surface area contributed by atoms with E-state index in [4.69, 9.17) is 0 Å². The van der Waals surface area contributed by atoms with Crippen LogP contribution in [0.4, 0.5) is 8.78 Å². The zero-order valence-corrected chi connectivity index (χ0v) is 12.2. The van der Waals surface area contributed by atoms with Crippen LogP contribution in [0.3, 0.4) is 0 Å². The van der Waals surface area contributed by atoms with Gasteiger partial charge in [0.15, 0.2) is 17.5 Å². The lowest BCUT2D eigenvalue weighted by atomic mass is 10.1. The molecule has 1 aromatic carbocycles. The van der Waals surface area contributed by atoms with Crippen molar-refractivity contribution in [3.05, 3.63) is 47.3 Å². The molecule has 0 amide bonds. The normalized spacial score (nSPS) is 11.1. The third-order valence-electron chi connectivity index (χ3n) is 2.77. The van der Waals surface area contributed by atoms with Crippen LogP contribution in [-0.4, -0.2) is 9.97 Å². The molecule has 1 heterocycles. The fraction of sp³-hybridized carbons (Fsp3) is 0.286. The summed E-state index contributed by atoms with van der Waals surface area (Å²) in [4.78, 5) is 8.66. The number of aromatic nitrogens is 2. The van der Waals surface area contributed by atoms with Gasteiger partial charge in [0.1, 0.15) is 0 Å². The van der Waals surface area contributed by atoms with Gasteiger partial charge in [-0.1, -0.05) is 29.8 Å². The largest absolute Gasteiger partial charge is 0.236 e. The first kappa shape index (κ1) is 14.1. The summed E-state index contributed by atoms with van der Waals surface area (Å²) >= 11 is 3.39. The Hall–Kier alpha value is -1.36. The minimum absolute atomic E-state index is 0.236. The molecular formula is C14H13BrF2N2. The molecule has 2 rings (SSSR count). The van der Waals surface area contributed by atoms with E-state index in [2.05, 4.69) is 25.9 Å². The molecule has 0 aliphatic heterocycles. The van der Waals surface area contributed by atoms with E-state index in [0.29, 0.717) is 16.7 Å². The molecule has 0 saturated heterocycles. The van der Waals surface area contributed by atoms with Crippen molar-refractivity contribution in [1.82, 2.24) is 9.97 Å². The highest BCUT2D eigenvalue weighted by Crippen LogP contribution is 2.23. The van der Waals surface area contributed by atoms with Crippen LogP contribution in [0.1, 0.15) is 31.0 Å². The maximum Gasteiger partial charge on any atom is 0.159 e. The maximum absolute atomic E-state index is 13.2. The SMILES string of the molecule is CC(C)c1nc(-c2ccc(F)c(F)c2)ncc1CBr. The van der Waals surface area contributed by atoms with Gasteiger partial charge in [-0.2, -0.15) is 0 Å². The van der Waals surface area contributed by atoms with Crippen LogP contribution >= 0.6 is 15.9 Å². The molecule has 2 aromatic rings. The van der Waals surface area contributed by atoms with Gasteiger partial charge in [-0.3, -0.25) is 0 Å². The van der Waals surface area contributed by atoms with Crippen molar-refractivity contribution < 1.29 is 8.78 Å². The molecule has 0 atom stereocenters. The average Bonchev–Trinajstić information content (AvgIpc) is 2.41. The molecule has 0 saturated carbocycles. The van der Waals surface area contributed by atoms with E-state index >= 15 is 0 Å². The van der Waals surface area contributed by atoms with E-state index in [1.54, 1.807) is 6.20 Å².